The molecule has 0 aromatic heterocycles. The fraction of sp³-hybridized carbons (Fsp3) is 0.600. The van der Waals surface area contributed by atoms with Crippen LogP contribution in [-0.2, 0) is 14.2 Å². The molecule has 3 atom stereocenters. The van der Waals surface area contributed by atoms with E-state index in [1.54, 1.807) is 0 Å². The highest BCUT2D eigenvalue weighted by Gasteiger charge is 2.33. The van der Waals surface area contributed by atoms with E-state index in [1.807, 2.05) is 47.6 Å². The summed E-state index contributed by atoms with van der Waals surface area (Å²) in [5, 5.41) is 11.1. The van der Waals surface area contributed by atoms with Crippen LogP contribution in [0.5, 0.6) is 0 Å². The molecule has 2 aromatic rings. The predicted molar refractivity (Wildman–Crippen MR) is 139 cm³/mol. The number of hydrogen-bond donors (Lipinski definition) is 1. The molecule has 1 aliphatic rings. The Morgan fingerprint density at radius 1 is 0.765 bits per heavy atom. The van der Waals surface area contributed by atoms with Gasteiger partial charge in [-0.2, -0.15) is 0 Å². The molecule has 0 heterocycles. The Labute approximate surface area is 206 Å². The van der Waals surface area contributed by atoms with Crippen LogP contribution in [-0.4, -0.2) is 41.7 Å². The third-order valence-electron chi connectivity index (χ3n) is 6.29. The van der Waals surface area contributed by atoms with Crippen LogP contribution in [0.15, 0.2) is 54.6 Å². The maximum Gasteiger partial charge on any atom is 0.110 e. The highest BCUT2D eigenvalue weighted by atomic mass is 16.6. The molecule has 4 nitrogen and oxygen atoms in total. The van der Waals surface area contributed by atoms with Crippen LogP contribution in [0.3, 0.4) is 0 Å². The van der Waals surface area contributed by atoms with Crippen LogP contribution in [0.1, 0.15) is 78.9 Å². The number of aliphatic hydroxyl groups excluding tert-OH is 1. The van der Waals surface area contributed by atoms with Crippen molar-refractivity contribution < 1.29 is 19.3 Å². The second kappa shape index (κ2) is 11.8. The van der Waals surface area contributed by atoms with Crippen molar-refractivity contribution in [3.05, 3.63) is 60.2 Å². The van der Waals surface area contributed by atoms with E-state index in [9.17, 15) is 5.11 Å². The zero-order chi connectivity index (χ0) is 24.8. The lowest BCUT2D eigenvalue weighted by atomic mass is 9.92. The van der Waals surface area contributed by atoms with Gasteiger partial charge in [0.25, 0.3) is 0 Å². The van der Waals surface area contributed by atoms with Crippen molar-refractivity contribution in [3.8, 4) is 11.1 Å². The van der Waals surface area contributed by atoms with Gasteiger partial charge in [0.05, 0.1) is 30.5 Å². The highest BCUT2D eigenvalue weighted by molar-refractivity contribution is 5.63. The highest BCUT2D eigenvalue weighted by Crippen LogP contribution is 2.40. The third-order valence-corrected chi connectivity index (χ3v) is 6.29. The molecule has 1 aliphatic carbocycles. The number of ether oxygens (including phenoxy) is 3. The van der Waals surface area contributed by atoms with Crippen molar-refractivity contribution in [2.45, 2.75) is 96.7 Å². The van der Waals surface area contributed by atoms with Gasteiger partial charge in [0.2, 0.25) is 0 Å². The van der Waals surface area contributed by atoms with Crippen LogP contribution in [0.4, 0.5) is 0 Å². The Morgan fingerprint density at radius 3 is 1.85 bits per heavy atom. The first-order valence-corrected chi connectivity index (χ1v) is 12.8. The maximum atomic E-state index is 11.1. The van der Waals surface area contributed by atoms with Crippen LogP contribution >= 0.6 is 0 Å². The molecule has 1 fully saturated rings. The summed E-state index contributed by atoms with van der Waals surface area (Å²) < 4.78 is 18.7. The second-order valence-corrected chi connectivity index (χ2v) is 11.5. The summed E-state index contributed by atoms with van der Waals surface area (Å²) in [5.41, 5.74) is 2.93. The number of rotatable bonds is 10. The Hall–Kier alpha value is -1.72. The fourth-order valence-electron chi connectivity index (χ4n) is 4.42. The molecule has 0 radical (unpaired) electrons. The summed E-state index contributed by atoms with van der Waals surface area (Å²) in [6.45, 7) is 12.6. The molecule has 0 saturated heterocycles. The van der Waals surface area contributed by atoms with Crippen LogP contribution in [0.25, 0.3) is 11.1 Å². The predicted octanol–water partition coefficient (Wildman–Crippen LogP) is 6.96. The van der Waals surface area contributed by atoms with Gasteiger partial charge in [-0.25, -0.2) is 0 Å². The van der Waals surface area contributed by atoms with Gasteiger partial charge >= 0.3 is 0 Å². The second-order valence-electron chi connectivity index (χ2n) is 11.5. The minimum Gasteiger partial charge on any atom is -0.388 e. The lowest BCUT2D eigenvalue weighted by molar-refractivity contribution is -0.166. The zero-order valence-corrected chi connectivity index (χ0v) is 21.9. The average molecular weight is 469 g/mol. The molecule has 0 bridgehead atoms. The minimum absolute atomic E-state index is 0.0785. The van der Waals surface area contributed by atoms with Gasteiger partial charge in [-0.05, 0) is 77.0 Å². The van der Waals surface area contributed by atoms with Gasteiger partial charge in [-0.15, -0.1) is 0 Å². The molecule has 188 valence electrons. The van der Waals surface area contributed by atoms with Crippen LogP contribution < -0.4 is 0 Å². The molecule has 4 heteroatoms. The quantitative estimate of drug-likeness (QED) is 0.409. The van der Waals surface area contributed by atoms with Crippen molar-refractivity contribution >= 4 is 0 Å². The SMILES string of the molecule is CC(C)(C)OC[C@H](O[C@H](c1ccc(-c2ccccc2)cc1)C1CCCC1)[C@@H](O)COC(C)(C)C. The van der Waals surface area contributed by atoms with Crippen molar-refractivity contribution in [1.29, 1.82) is 0 Å². The lowest BCUT2D eigenvalue weighted by Crippen LogP contribution is -2.42. The number of hydrogen-bond acceptors (Lipinski definition) is 4. The molecule has 0 unspecified atom stereocenters. The van der Waals surface area contributed by atoms with Gasteiger partial charge in [-0.3, -0.25) is 0 Å². The van der Waals surface area contributed by atoms with Gasteiger partial charge in [0.1, 0.15) is 12.2 Å². The van der Waals surface area contributed by atoms with E-state index in [-0.39, 0.29) is 23.9 Å². The Balaban J connectivity index is 1.81. The van der Waals surface area contributed by atoms with Crippen LogP contribution in [0.2, 0.25) is 0 Å². The van der Waals surface area contributed by atoms with Gasteiger partial charge in [0, 0.05) is 0 Å². The first-order chi connectivity index (χ1) is 16.0. The monoisotopic (exact) mass is 468 g/mol. The molecule has 2 aromatic carbocycles. The van der Waals surface area contributed by atoms with E-state index in [0.717, 1.165) is 18.4 Å². The van der Waals surface area contributed by atoms with Crippen molar-refractivity contribution in [2.24, 2.45) is 5.92 Å². The Morgan fingerprint density at radius 2 is 1.29 bits per heavy atom. The average Bonchev–Trinajstić information content (AvgIpc) is 3.32. The van der Waals surface area contributed by atoms with E-state index in [0.29, 0.717) is 12.5 Å². The van der Waals surface area contributed by atoms with Gasteiger partial charge in [0.15, 0.2) is 0 Å². The third kappa shape index (κ3) is 8.49. The standard InChI is InChI=1S/C30H44O4/c1-29(2,3)32-20-26(31)27(21-33-30(4,5)6)34-28(24-14-10-11-15-24)25-18-16-23(17-19-25)22-12-8-7-9-13-22/h7-9,12-13,16-19,24,26-28,31H,10-11,14-15,20-21H2,1-6H3/t26-,27-,28-/m0/s1. The lowest BCUT2D eigenvalue weighted by Gasteiger charge is -2.34. The Bertz CT molecular complexity index is 842. The zero-order valence-electron chi connectivity index (χ0n) is 21.9. The maximum absolute atomic E-state index is 11.1. The van der Waals surface area contributed by atoms with Gasteiger partial charge in [-0.1, -0.05) is 67.4 Å². The summed E-state index contributed by atoms with van der Waals surface area (Å²) in [6.07, 6.45) is 3.43. The number of aliphatic hydroxyl groups is 1. The molecular formula is C30H44O4. The normalized spacial score (nSPS) is 18.1. The number of benzene rings is 2. The van der Waals surface area contributed by atoms with E-state index in [1.165, 1.54) is 24.0 Å². The summed E-state index contributed by atoms with van der Waals surface area (Å²) >= 11 is 0. The summed E-state index contributed by atoms with van der Waals surface area (Å²) in [7, 11) is 0. The molecule has 0 amide bonds. The topological polar surface area (TPSA) is 47.9 Å². The van der Waals surface area contributed by atoms with Gasteiger partial charge < -0.3 is 19.3 Å². The molecule has 34 heavy (non-hydrogen) atoms. The minimum atomic E-state index is -0.769. The largest absolute Gasteiger partial charge is 0.388 e. The summed E-state index contributed by atoms with van der Waals surface area (Å²) in [5.74, 6) is 0.440. The van der Waals surface area contributed by atoms with E-state index >= 15 is 0 Å². The Kier molecular flexibility index (Phi) is 9.34. The first kappa shape index (κ1) is 26.9. The molecule has 1 saturated carbocycles. The van der Waals surface area contributed by atoms with Crippen LogP contribution in [0, 0.1) is 5.92 Å². The summed E-state index contributed by atoms with van der Waals surface area (Å²) in [6, 6.07) is 19.2. The van der Waals surface area contributed by atoms with Crippen molar-refractivity contribution in [3.63, 3.8) is 0 Å². The summed E-state index contributed by atoms with van der Waals surface area (Å²) in [4.78, 5) is 0. The fourth-order valence-corrected chi connectivity index (χ4v) is 4.42. The smallest absolute Gasteiger partial charge is 0.110 e. The molecule has 1 N–H and O–H groups in total. The van der Waals surface area contributed by atoms with E-state index < -0.39 is 12.2 Å². The van der Waals surface area contributed by atoms with E-state index in [2.05, 4.69) is 48.5 Å². The van der Waals surface area contributed by atoms with E-state index in [4.69, 9.17) is 14.2 Å². The molecule has 0 aliphatic heterocycles. The molecule has 3 rings (SSSR count). The first-order valence-electron chi connectivity index (χ1n) is 12.8. The molecular weight excluding hydrogens is 424 g/mol. The van der Waals surface area contributed by atoms with Crippen molar-refractivity contribution in [1.82, 2.24) is 0 Å². The molecule has 0 spiro atoms. The van der Waals surface area contributed by atoms with Crippen molar-refractivity contribution in [2.75, 3.05) is 13.2 Å².